The second-order valence-electron chi connectivity index (χ2n) is 6.54. The molecule has 3 fully saturated rings. The van der Waals surface area contributed by atoms with Gasteiger partial charge in [-0.05, 0) is 12.6 Å². The van der Waals surface area contributed by atoms with Gasteiger partial charge in [-0.3, -0.25) is 9.69 Å². The van der Waals surface area contributed by atoms with Crippen LogP contribution in [-0.4, -0.2) is 60.0 Å². The minimum Gasteiger partial charge on any atom is -0.462 e. The van der Waals surface area contributed by atoms with Crippen LogP contribution in [0, 0.1) is 0 Å². The van der Waals surface area contributed by atoms with Gasteiger partial charge in [-0.1, -0.05) is 30.3 Å². The number of hydrogen-bond donors (Lipinski definition) is 1. The van der Waals surface area contributed by atoms with Gasteiger partial charge in [0.2, 0.25) is 0 Å². The molecule has 0 aliphatic carbocycles. The molecule has 3 aliphatic heterocycles. The maximum Gasteiger partial charge on any atom is 0.316 e. The molecule has 0 radical (unpaired) electrons. The van der Waals surface area contributed by atoms with Crippen molar-refractivity contribution in [3.8, 4) is 0 Å². The van der Waals surface area contributed by atoms with E-state index in [1.807, 2.05) is 30.3 Å². The van der Waals surface area contributed by atoms with Crippen molar-refractivity contribution in [1.29, 1.82) is 0 Å². The SMILES string of the molecule is Br.CN1C2CC(OC(=O)C(CO)c3ccccc3)CC1[C@H]1OC21. The fourth-order valence-electron chi connectivity index (χ4n) is 4.04. The predicted molar refractivity (Wildman–Crippen MR) is 89.7 cm³/mol. The molecule has 0 saturated carbocycles. The van der Waals surface area contributed by atoms with E-state index in [1.54, 1.807) is 0 Å². The first-order chi connectivity index (χ1) is 10.7. The van der Waals surface area contributed by atoms with E-state index in [4.69, 9.17) is 9.47 Å². The third kappa shape index (κ3) is 2.93. The molecule has 6 atom stereocenters. The third-order valence-corrected chi connectivity index (χ3v) is 5.33. The number of epoxide rings is 1. The molecule has 1 aromatic rings. The number of fused-ring (bicyclic) bond motifs is 5. The van der Waals surface area contributed by atoms with Crippen LogP contribution in [-0.2, 0) is 14.3 Å². The van der Waals surface area contributed by atoms with Crippen LogP contribution in [0.2, 0.25) is 0 Å². The molecule has 0 aromatic heterocycles. The van der Waals surface area contributed by atoms with E-state index in [-0.39, 0.29) is 35.7 Å². The number of hydrogen-bond acceptors (Lipinski definition) is 5. The zero-order valence-electron chi connectivity index (χ0n) is 13.0. The number of piperidine rings is 1. The second kappa shape index (κ2) is 6.51. The lowest BCUT2D eigenvalue weighted by Gasteiger charge is -2.38. The normalized spacial score (nSPS) is 35.8. The smallest absolute Gasteiger partial charge is 0.316 e. The topological polar surface area (TPSA) is 62.3 Å². The van der Waals surface area contributed by atoms with Crippen LogP contribution >= 0.6 is 17.0 Å². The second-order valence-corrected chi connectivity index (χ2v) is 6.54. The molecule has 5 unspecified atom stereocenters. The minimum atomic E-state index is -0.593. The molecule has 2 bridgehead atoms. The number of aliphatic hydroxyl groups excluding tert-OH is 1. The molecule has 1 N–H and O–H groups in total. The molecule has 1 aromatic carbocycles. The fourth-order valence-corrected chi connectivity index (χ4v) is 4.04. The van der Waals surface area contributed by atoms with Crippen molar-refractivity contribution in [2.45, 2.75) is 49.2 Å². The Labute approximate surface area is 146 Å². The van der Waals surface area contributed by atoms with Crippen LogP contribution < -0.4 is 0 Å². The van der Waals surface area contributed by atoms with Crippen LogP contribution in [0.5, 0.6) is 0 Å². The molecule has 126 valence electrons. The number of carbonyl (C=O) groups is 1. The molecule has 6 heteroatoms. The van der Waals surface area contributed by atoms with Crippen molar-refractivity contribution in [1.82, 2.24) is 4.90 Å². The molecule has 5 nitrogen and oxygen atoms in total. The van der Waals surface area contributed by atoms with Crippen molar-refractivity contribution in [2.24, 2.45) is 0 Å². The molecule has 3 aliphatic rings. The number of aliphatic hydroxyl groups is 1. The average Bonchev–Trinajstić information content (AvgIpc) is 3.27. The Morgan fingerprint density at radius 3 is 2.48 bits per heavy atom. The quantitative estimate of drug-likeness (QED) is 0.630. The van der Waals surface area contributed by atoms with Crippen LogP contribution in [0.25, 0.3) is 0 Å². The van der Waals surface area contributed by atoms with Gasteiger partial charge in [0.25, 0.3) is 0 Å². The Morgan fingerprint density at radius 2 is 1.91 bits per heavy atom. The van der Waals surface area contributed by atoms with Gasteiger partial charge < -0.3 is 14.6 Å². The van der Waals surface area contributed by atoms with Crippen molar-refractivity contribution < 1.29 is 19.4 Å². The minimum absolute atomic E-state index is 0. The van der Waals surface area contributed by atoms with Crippen molar-refractivity contribution in [2.75, 3.05) is 13.7 Å². The van der Waals surface area contributed by atoms with Crippen LogP contribution in [0.3, 0.4) is 0 Å². The van der Waals surface area contributed by atoms with Crippen LogP contribution in [0.1, 0.15) is 24.3 Å². The number of nitrogens with zero attached hydrogens (tertiary/aromatic N) is 1. The summed E-state index contributed by atoms with van der Waals surface area (Å²) in [5, 5.41) is 9.56. The molecule has 4 rings (SSSR count). The Bertz CT molecular complexity index is 551. The third-order valence-electron chi connectivity index (χ3n) is 5.33. The van der Waals surface area contributed by atoms with E-state index in [9.17, 15) is 9.90 Å². The highest BCUT2D eigenvalue weighted by Gasteiger charge is 2.62. The lowest BCUT2D eigenvalue weighted by Crippen LogP contribution is -2.48. The Morgan fingerprint density at radius 1 is 1.30 bits per heavy atom. The summed E-state index contributed by atoms with van der Waals surface area (Å²) in [7, 11) is 2.13. The number of likely N-dealkylation sites (N-methyl/N-ethyl adjacent to an activating group) is 1. The summed E-state index contributed by atoms with van der Waals surface area (Å²) in [5.74, 6) is -0.915. The largest absolute Gasteiger partial charge is 0.462 e. The number of ether oxygens (including phenoxy) is 2. The lowest BCUT2D eigenvalue weighted by molar-refractivity contribution is -0.156. The average molecular weight is 384 g/mol. The predicted octanol–water partition coefficient (Wildman–Crippen LogP) is 1.50. The Hall–Kier alpha value is -0.950. The van der Waals surface area contributed by atoms with Crippen molar-refractivity contribution in [3.05, 3.63) is 35.9 Å². The number of esters is 1. The van der Waals surface area contributed by atoms with Crippen molar-refractivity contribution >= 4 is 23.0 Å². The zero-order chi connectivity index (χ0) is 15.3. The molecule has 3 saturated heterocycles. The highest BCUT2D eigenvalue weighted by atomic mass is 79.9. The van der Waals surface area contributed by atoms with Gasteiger partial charge in [-0.2, -0.15) is 0 Å². The molecular formula is C17H22BrNO4. The number of rotatable bonds is 4. The first kappa shape index (κ1) is 16.9. The first-order valence-corrected chi connectivity index (χ1v) is 7.92. The Kier molecular flexibility index (Phi) is 4.78. The molecular weight excluding hydrogens is 362 g/mol. The number of carbonyl (C=O) groups excluding carboxylic acids is 1. The standard InChI is InChI=1S/C17H21NO4.BrH/c1-18-13-7-11(8-14(18)16-15(13)22-16)21-17(20)12(9-19)10-5-3-2-4-6-10;/h2-6,11-16,19H,7-9H2,1H3;1H/t11?,12?,13?,14?,15-,16?;/m1./s1. The fraction of sp³-hybridized carbons (Fsp3) is 0.588. The van der Waals surface area contributed by atoms with Gasteiger partial charge in [0, 0.05) is 24.9 Å². The van der Waals surface area contributed by atoms with E-state index in [0.29, 0.717) is 24.3 Å². The van der Waals surface area contributed by atoms with E-state index in [0.717, 1.165) is 18.4 Å². The highest BCUT2D eigenvalue weighted by molar-refractivity contribution is 8.93. The summed E-state index contributed by atoms with van der Waals surface area (Å²) in [4.78, 5) is 14.8. The molecule has 0 spiro atoms. The van der Waals surface area contributed by atoms with Gasteiger partial charge in [0.15, 0.2) is 0 Å². The van der Waals surface area contributed by atoms with Gasteiger partial charge >= 0.3 is 5.97 Å². The van der Waals surface area contributed by atoms with Gasteiger partial charge in [-0.25, -0.2) is 0 Å². The van der Waals surface area contributed by atoms with E-state index < -0.39 is 5.92 Å². The van der Waals surface area contributed by atoms with E-state index in [2.05, 4.69) is 11.9 Å². The molecule has 3 heterocycles. The van der Waals surface area contributed by atoms with E-state index in [1.165, 1.54) is 0 Å². The number of morpholine rings is 1. The summed E-state index contributed by atoms with van der Waals surface area (Å²) in [6, 6.07) is 10.1. The highest BCUT2D eigenvalue weighted by Crippen LogP contribution is 2.48. The van der Waals surface area contributed by atoms with Gasteiger partial charge in [0.1, 0.15) is 24.2 Å². The summed E-state index contributed by atoms with van der Waals surface area (Å²) >= 11 is 0. The summed E-state index contributed by atoms with van der Waals surface area (Å²) < 4.78 is 11.4. The van der Waals surface area contributed by atoms with Gasteiger partial charge in [0.05, 0.1) is 6.61 Å². The number of benzene rings is 1. The molecule has 0 amide bonds. The zero-order valence-corrected chi connectivity index (χ0v) is 14.7. The number of halogens is 1. The monoisotopic (exact) mass is 383 g/mol. The molecule has 23 heavy (non-hydrogen) atoms. The van der Waals surface area contributed by atoms with Crippen LogP contribution in [0.4, 0.5) is 0 Å². The maximum absolute atomic E-state index is 12.4. The maximum atomic E-state index is 12.4. The summed E-state index contributed by atoms with van der Waals surface area (Å²) in [6.45, 7) is -0.226. The first-order valence-electron chi connectivity index (χ1n) is 7.92. The van der Waals surface area contributed by atoms with Crippen LogP contribution in [0.15, 0.2) is 30.3 Å². The Balaban J connectivity index is 0.00000156. The summed E-state index contributed by atoms with van der Waals surface area (Å²) in [5.41, 5.74) is 0.803. The summed E-state index contributed by atoms with van der Waals surface area (Å²) in [6.07, 6.45) is 2.26. The van der Waals surface area contributed by atoms with E-state index >= 15 is 0 Å². The van der Waals surface area contributed by atoms with Gasteiger partial charge in [-0.15, -0.1) is 17.0 Å². The lowest BCUT2D eigenvalue weighted by atomic mass is 9.97. The van der Waals surface area contributed by atoms with Crippen molar-refractivity contribution in [3.63, 3.8) is 0 Å².